The molecule has 0 aliphatic heterocycles. The standard InChI is InChI=1S/C13H20N4O2/c1-13(19,9-16(2)3)8-15-12(18)11-5-10(6-14)7-17(11)4/h5,7,19H,8-9H2,1-4H3,(H,15,18)/t13-/m0/s1. The largest absolute Gasteiger partial charge is 0.387 e. The monoisotopic (exact) mass is 264 g/mol. The Morgan fingerprint density at radius 3 is 2.74 bits per heavy atom. The lowest BCUT2D eigenvalue weighted by Crippen LogP contribution is -2.47. The lowest BCUT2D eigenvalue weighted by Gasteiger charge is -2.27. The second-order valence-corrected chi connectivity index (χ2v) is 5.25. The fourth-order valence-electron chi connectivity index (χ4n) is 1.95. The van der Waals surface area contributed by atoms with E-state index >= 15 is 0 Å². The zero-order valence-corrected chi connectivity index (χ0v) is 11.8. The van der Waals surface area contributed by atoms with Crippen LogP contribution in [-0.4, -0.2) is 53.3 Å². The van der Waals surface area contributed by atoms with E-state index < -0.39 is 5.60 Å². The molecular formula is C13H20N4O2. The third-order valence-corrected chi connectivity index (χ3v) is 2.65. The van der Waals surface area contributed by atoms with Crippen LogP contribution in [0.3, 0.4) is 0 Å². The van der Waals surface area contributed by atoms with Crippen LogP contribution < -0.4 is 5.32 Å². The van der Waals surface area contributed by atoms with Crippen molar-refractivity contribution in [3.05, 3.63) is 23.5 Å². The zero-order valence-electron chi connectivity index (χ0n) is 11.8. The topological polar surface area (TPSA) is 81.3 Å². The van der Waals surface area contributed by atoms with Crippen molar-refractivity contribution in [1.29, 1.82) is 5.26 Å². The van der Waals surface area contributed by atoms with Crippen LogP contribution in [0.4, 0.5) is 0 Å². The molecule has 0 spiro atoms. The summed E-state index contributed by atoms with van der Waals surface area (Å²) in [6.07, 6.45) is 1.59. The number of hydrogen-bond acceptors (Lipinski definition) is 4. The van der Waals surface area contributed by atoms with Crippen molar-refractivity contribution in [2.45, 2.75) is 12.5 Å². The SMILES string of the molecule is CN(C)C[C@@](C)(O)CNC(=O)c1cc(C#N)cn1C. The van der Waals surface area contributed by atoms with Gasteiger partial charge in [0.25, 0.3) is 5.91 Å². The molecule has 0 aromatic carbocycles. The second kappa shape index (κ2) is 5.87. The minimum absolute atomic E-state index is 0.150. The van der Waals surface area contributed by atoms with Gasteiger partial charge in [0, 0.05) is 26.3 Å². The maximum Gasteiger partial charge on any atom is 0.268 e. The van der Waals surface area contributed by atoms with E-state index in [4.69, 9.17) is 5.26 Å². The van der Waals surface area contributed by atoms with E-state index in [1.54, 1.807) is 24.7 Å². The number of aliphatic hydroxyl groups is 1. The number of carbonyl (C=O) groups is 1. The molecule has 1 aromatic heterocycles. The number of rotatable bonds is 5. The lowest BCUT2D eigenvalue weighted by atomic mass is 10.1. The summed E-state index contributed by atoms with van der Waals surface area (Å²) in [6.45, 7) is 2.26. The van der Waals surface area contributed by atoms with Gasteiger partial charge in [-0.15, -0.1) is 0 Å². The molecule has 1 amide bonds. The van der Waals surface area contributed by atoms with Crippen LogP contribution >= 0.6 is 0 Å². The summed E-state index contributed by atoms with van der Waals surface area (Å²) < 4.78 is 1.59. The average molecular weight is 264 g/mol. The van der Waals surface area contributed by atoms with Gasteiger partial charge in [0.05, 0.1) is 11.2 Å². The lowest BCUT2D eigenvalue weighted by molar-refractivity contribution is 0.0324. The predicted octanol–water partition coefficient (Wildman–Crippen LogP) is -0.0608. The third kappa shape index (κ3) is 4.39. The van der Waals surface area contributed by atoms with Gasteiger partial charge in [-0.1, -0.05) is 0 Å². The van der Waals surface area contributed by atoms with Crippen LogP contribution in [0.15, 0.2) is 12.3 Å². The van der Waals surface area contributed by atoms with Crippen molar-refractivity contribution >= 4 is 5.91 Å². The quantitative estimate of drug-likeness (QED) is 0.780. The van der Waals surface area contributed by atoms with Crippen molar-refractivity contribution in [2.24, 2.45) is 7.05 Å². The molecule has 0 aliphatic carbocycles. The van der Waals surface area contributed by atoms with E-state index in [1.807, 2.05) is 25.1 Å². The molecule has 1 atom stereocenters. The molecular weight excluding hydrogens is 244 g/mol. The Hall–Kier alpha value is -1.84. The number of likely N-dealkylation sites (N-methyl/N-ethyl adjacent to an activating group) is 1. The van der Waals surface area contributed by atoms with Crippen LogP contribution in [0, 0.1) is 11.3 Å². The fraction of sp³-hybridized carbons (Fsp3) is 0.538. The van der Waals surface area contributed by atoms with Gasteiger partial charge in [-0.2, -0.15) is 5.26 Å². The van der Waals surface area contributed by atoms with Crippen LogP contribution in [0.5, 0.6) is 0 Å². The minimum Gasteiger partial charge on any atom is -0.387 e. The first-order valence-electron chi connectivity index (χ1n) is 5.97. The van der Waals surface area contributed by atoms with Gasteiger partial charge < -0.3 is 19.9 Å². The minimum atomic E-state index is -0.998. The van der Waals surface area contributed by atoms with Gasteiger partial charge in [0.1, 0.15) is 11.8 Å². The highest BCUT2D eigenvalue weighted by Gasteiger charge is 2.23. The van der Waals surface area contributed by atoms with Gasteiger partial charge in [0.15, 0.2) is 0 Å². The Labute approximate surface area is 113 Å². The molecule has 6 heteroatoms. The van der Waals surface area contributed by atoms with Crippen molar-refractivity contribution < 1.29 is 9.90 Å². The number of aromatic nitrogens is 1. The Kier molecular flexibility index (Phi) is 4.70. The van der Waals surface area contributed by atoms with Crippen LogP contribution in [0.1, 0.15) is 23.0 Å². The highest BCUT2D eigenvalue weighted by Crippen LogP contribution is 2.07. The molecule has 0 bridgehead atoms. The summed E-state index contributed by atoms with van der Waals surface area (Å²) in [5.74, 6) is -0.303. The number of carbonyl (C=O) groups excluding carboxylic acids is 1. The van der Waals surface area contributed by atoms with Crippen molar-refractivity contribution in [2.75, 3.05) is 27.2 Å². The van der Waals surface area contributed by atoms with E-state index in [1.165, 1.54) is 6.07 Å². The average Bonchev–Trinajstić information content (AvgIpc) is 2.66. The summed E-state index contributed by atoms with van der Waals surface area (Å²) in [6, 6.07) is 3.51. The zero-order chi connectivity index (χ0) is 14.6. The number of nitriles is 1. The van der Waals surface area contributed by atoms with Gasteiger partial charge >= 0.3 is 0 Å². The molecule has 0 aliphatic rings. The first kappa shape index (κ1) is 15.2. The van der Waals surface area contributed by atoms with Crippen molar-refractivity contribution in [3.8, 4) is 6.07 Å². The second-order valence-electron chi connectivity index (χ2n) is 5.25. The molecule has 0 unspecified atom stereocenters. The molecule has 1 rings (SSSR count). The number of nitrogens with zero attached hydrogens (tertiary/aromatic N) is 3. The Morgan fingerprint density at radius 1 is 1.63 bits per heavy atom. The molecule has 0 fully saturated rings. The highest BCUT2D eigenvalue weighted by molar-refractivity contribution is 5.93. The first-order valence-corrected chi connectivity index (χ1v) is 5.97. The molecule has 104 valence electrons. The van der Waals surface area contributed by atoms with E-state index in [2.05, 4.69) is 5.32 Å². The van der Waals surface area contributed by atoms with Crippen molar-refractivity contribution in [1.82, 2.24) is 14.8 Å². The van der Waals surface area contributed by atoms with Gasteiger partial charge in [0.2, 0.25) is 0 Å². The first-order chi connectivity index (χ1) is 8.75. The predicted molar refractivity (Wildman–Crippen MR) is 71.6 cm³/mol. The van der Waals surface area contributed by atoms with E-state index in [-0.39, 0.29) is 12.5 Å². The molecule has 0 saturated heterocycles. The van der Waals surface area contributed by atoms with Crippen molar-refractivity contribution in [3.63, 3.8) is 0 Å². The summed E-state index contributed by atoms with van der Waals surface area (Å²) >= 11 is 0. The van der Waals surface area contributed by atoms with Crippen LogP contribution in [-0.2, 0) is 7.05 Å². The molecule has 2 N–H and O–H groups in total. The third-order valence-electron chi connectivity index (χ3n) is 2.65. The van der Waals surface area contributed by atoms with Crippen LogP contribution in [0.2, 0.25) is 0 Å². The Bertz CT molecular complexity index is 497. The van der Waals surface area contributed by atoms with E-state index in [0.29, 0.717) is 17.8 Å². The summed E-state index contributed by atoms with van der Waals surface area (Å²) in [7, 11) is 5.41. The maximum absolute atomic E-state index is 12.0. The fourth-order valence-corrected chi connectivity index (χ4v) is 1.95. The summed E-state index contributed by atoms with van der Waals surface area (Å²) in [5, 5.41) is 21.5. The smallest absolute Gasteiger partial charge is 0.268 e. The number of amides is 1. The molecule has 6 nitrogen and oxygen atoms in total. The Balaban J connectivity index is 2.65. The Morgan fingerprint density at radius 2 is 2.26 bits per heavy atom. The number of aryl methyl sites for hydroxylation is 1. The van der Waals surface area contributed by atoms with Gasteiger partial charge in [-0.3, -0.25) is 4.79 Å². The van der Waals surface area contributed by atoms with Gasteiger partial charge in [-0.25, -0.2) is 0 Å². The number of nitrogens with one attached hydrogen (secondary N) is 1. The normalized spacial score (nSPS) is 13.9. The highest BCUT2D eigenvalue weighted by atomic mass is 16.3. The molecule has 0 radical (unpaired) electrons. The number of hydrogen-bond donors (Lipinski definition) is 2. The molecule has 19 heavy (non-hydrogen) atoms. The molecule has 1 aromatic rings. The van der Waals surface area contributed by atoms with E-state index in [0.717, 1.165) is 0 Å². The molecule has 1 heterocycles. The van der Waals surface area contributed by atoms with E-state index in [9.17, 15) is 9.90 Å². The maximum atomic E-state index is 12.0. The summed E-state index contributed by atoms with van der Waals surface area (Å²) in [4.78, 5) is 13.8. The summed E-state index contributed by atoms with van der Waals surface area (Å²) in [5.41, 5.74) is -0.160. The molecule has 0 saturated carbocycles. The van der Waals surface area contributed by atoms with Crippen LogP contribution in [0.25, 0.3) is 0 Å². The van der Waals surface area contributed by atoms with Gasteiger partial charge in [-0.05, 0) is 27.1 Å².